The van der Waals surface area contributed by atoms with Crippen LogP contribution in [0, 0.1) is 5.92 Å². The highest BCUT2D eigenvalue weighted by Gasteiger charge is 2.43. The Balaban J connectivity index is 2.36. The Hall–Kier alpha value is -2.24. The van der Waals surface area contributed by atoms with Gasteiger partial charge < -0.3 is 19.3 Å². The number of ether oxygens (including phenoxy) is 3. The van der Waals surface area contributed by atoms with Crippen LogP contribution < -0.4 is 9.47 Å². The fourth-order valence-electron chi connectivity index (χ4n) is 2.17. The highest BCUT2D eigenvalue weighted by Crippen LogP contribution is 2.36. The molecule has 0 bridgehead atoms. The number of cyclic esters (lactones) is 1. The predicted molar refractivity (Wildman–Crippen MR) is 64.4 cm³/mol. The van der Waals surface area contributed by atoms with Crippen LogP contribution in [0.5, 0.6) is 11.5 Å². The summed E-state index contributed by atoms with van der Waals surface area (Å²) in [5.41, 5.74) is 0.677. The lowest BCUT2D eigenvalue weighted by Gasteiger charge is -2.14. The lowest BCUT2D eigenvalue weighted by Crippen LogP contribution is -2.24. The first-order chi connectivity index (χ1) is 9.08. The van der Waals surface area contributed by atoms with E-state index in [0.717, 1.165) is 0 Å². The van der Waals surface area contributed by atoms with Gasteiger partial charge in [-0.3, -0.25) is 9.59 Å². The lowest BCUT2D eigenvalue weighted by atomic mass is 9.88. The van der Waals surface area contributed by atoms with Gasteiger partial charge in [0.1, 0.15) is 0 Å². The molecule has 1 heterocycles. The smallest absolute Gasteiger partial charge is 0.321 e. The molecule has 102 valence electrons. The molecule has 0 aromatic heterocycles. The zero-order chi connectivity index (χ0) is 14.0. The molecule has 0 spiro atoms. The van der Waals surface area contributed by atoms with E-state index in [1.165, 1.54) is 14.2 Å². The number of aliphatic carboxylic acids is 1. The van der Waals surface area contributed by atoms with Crippen molar-refractivity contribution in [1.29, 1.82) is 0 Å². The fourth-order valence-corrected chi connectivity index (χ4v) is 2.17. The first-order valence-corrected chi connectivity index (χ1v) is 5.70. The minimum Gasteiger partial charge on any atom is -0.493 e. The number of carboxylic acids is 1. The molecule has 1 saturated heterocycles. The van der Waals surface area contributed by atoms with Crippen molar-refractivity contribution in [3.05, 3.63) is 23.8 Å². The number of carbonyl (C=O) groups is 2. The predicted octanol–water partition coefficient (Wildman–Crippen LogP) is 1.04. The Morgan fingerprint density at radius 3 is 2.58 bits per heavy atom. The number of hydrogen-bond acceptors (Lipinski definition) is 5. The molecule has 1 aliphatic heterocycles. The van der Waals surface area contributed by atoms with Gasteiger partial charge in [0, 0.05) is 5.92 Å². The highest BCUT2D eigenvalue weighted by molar-refractivity contribution is 5.96. The maximum atomic E-state index is 11.4. The second-order valence-corrected chi connectivity index (χ2v) is 4.17. The highest BCUT2D eigenvalue weighted by atomic mass is 16.5. The Kier molecular flexibility index (Phi) is 3.59. The lowest BCUT2D eigenvalue weighted by molar-refractivity contribution is -0.152. The van der Waals surface area contributed by atoms with Crippen molar-refractivity contribution in [2.75, 3.05) is 20.8 Å². The normalized spacial score (nSPS) is 21.9. The Labute approximate surface area is 109 Å². The first kappa shape index (κ1) is 13.2. The SMILES string of the molecule is COc1ccc([C@@H]2COC(=O)[C@@H]2C(=O)O)cc1OC. The largest absolute Gasteiger partial charge is 0.493 e. The number of methoxy groups -OCH3 is 2. The van der Waals surface area contributed by atoms with Crippen LogP contribution in [0.15, 0.2) is 18.2 Å². The summed E-state index contributed by atoms with van der Waals surface area (Å²) >= 11 is 0. The van der Waals surface area contributed by atoms with E-state index in [9.17, 15) is 9.59 Å². The van der Waals surface area contributed by atoms with Gasteiger partial charge in [0.2, 0.25) is 0 Å². The Morgan fingerprint density at radius 2 is 2.00 bits per heavy atom. The molecule has 1 fully saturated rings. The van der Waals surface area contributed by atoms with Crippen LogP contribution in [0.25, 0.3) is 0 Å². The zero-order valence-corrected chi connectivity index (χ0v) is 10.6. The summed E-state index contributed by atoms with van der Waals surface area (Å²) in [6.45, 7) is 0.0608. The quantitative estimate of drug-likeness (QED) is 0.648. The van der Waals surface area contributed by atoms with E-state index < -0.39 is 23.8 Å². The van der Waals surface area contributed by atoms with E-state index in [-0.39, 0.29) is 6.61 Å². The van der Waals surface area contributed by atoms with Crippen LogP contribution in [0.2, 0.25) is 0 Å². The van der Waals surface area contributed by atoms with Gasteiger partial charge in [-0.25, -0.2) is 0 Å². The van der Waals surface area contributed by atoms with Gasteiger partial charge in [-0.1, -0.05) is 6.07 Å². The standard InChI is InChI=1S/C13H14O6/c1-17-9-4-3-7(5-10(9)18-2)8-6-19-13(16)11(8)12(14)15/h3-5,8,11H,6H2,1-2H3,(H,14,15)/t8-,11-/m0/s1. The molecule has 6 nitrogen and oxygen atoms in total. The maximum absolute atomic E-state index is 11.4. The first-order valence-electron chi connectivity index (χ1n) is 5.70. The average molecular weight is 266 g/mol. The van der Waals surface area contributed by atoms with E-state index >= 15 is 0 Å². The van der Waals surface area contributed by atoms with Crippen LogP contribution in [-0.2, 0) is 14.3 Å². The van der Waals surface area contributed by atoms with E-state index in [2.05, 4.69) is 0 Å². The fraction of sp³-hybridized carbons (Fsp3) is 0.385. The number of carbonyl (C=O) groups excluding carboxylic acids is 1. The number of rotatable bonds is 4. The Morgan fingerprint density at radius 1 is 1.32 bits per heavy atom. The molecule has 0 amide bonds. The number of esters is 1. The van der Waals surface area contributed by atoms with Crippen molar-refractivity contribution >= 4 is 11.9 Å². The van der Waals surface area contributed by atoms with E-state index in [1.54, 1.807) is 18.2 Å². The topological polar surface area (TPSA) is 82.1 Å². The second kappa shape index (κ2) is 5.17. The van der Waals surface area contributed by atoms with Gasteiger partial charge in [-0.05, 0) is 17.7 Å². The summed E-state index contributed by atoms with van der Waals surface area (Å²) in [6, 6.07) is 5.06. The molecule has 19 heavy (non-hydrogen) atoms. The van der Waals surface area contributed by atoms with Gasteiger partial charge in [0.25, 0.3) is 0 Å². The minimum atomic E-state index is -1.18. The summed E-state index contributed by atoms with van der Waals surface area (Å²) in [6.07, 6.45) is 0. The third-order valence-electron chi connectivity index (χ3n) is 3.16. The monoisotopic (exact) mass is 266 g/mol. The van der Waals surface area contributed by atoms with E-state index in [1.807, 2.05) is 0 Å². The molecule has 1 N–H and O–H groups in total. The number of carboxylic acid groups (broad SMARTS) is 1. The molecule has 2 atom stereocenters. The van der Waals surface area contributed by atoms with Gasteiger partial charge in [0.15, 0.2) is 17.4 Å². The summed E-state index contributed by atoms with van der Waals surface area (Å²) in [5.74, 6) is -2.52. The molecule has 6 heteroatoms. The van der Waals surface area contributed by atoms with E-state index in [0.29, 0.717) is 17.1 Å². The van der Waals surface area contributed by atoms with Crippen LogP contribution in [0.4, 0.5) is 0 Å². The van der Waals surface area contributed by atoms with Crippen LogP contribution in [0.3, 0.4) is 0 Å². The molecule has 0 radical (unpaired) electrons. The van der Waals surface area contributed by atoms with Gasteiger partial charge in [-0.15, -0.1) is 0 Å². The molecule has 0 saturated carbocycles. The van der Waals surface area contributed by atoms with Crippen LogP contribution in [0.1, 0.15) is 11.5 Å². The second-order valence-electron chi connectivity index (χ2n) is 4.17. The molecule has 1 aromatic rings. The van der Waals surface area contributed by atoms with Crippen molar-refractivity contribution in [3.8, 4) is 11.5 Å². The molecule has 2 rings (SSSR count). The Bertz CT molecular complexity index is 510. The zero-order valence-electron chi connectivity index (χ0n) is 10.6. The summed E-state index contributed by atoms with van der Waals surface area (Å²) < 4.78 is 15.1. The molecular formula is C13H14O6. The summed E-state index contributed by atoms with van der Waals surface area (Å²) in [4.78, 5) is 22.5. The summed E-state index contributed by atoms with van der Waals surface area (Å²) in [7, 11) is 3.01. The van der Waals surface area contributed by atoms with Crippen molar-refractivity contribution in [2.45, 2.75) is 5.92 Å². The third kappa shape index (κ3) is 2.33. The van der Waals surface area contributed by atoms with Crippen LogP contribution >= 0.6 is 0 Å². The molecule has 1 aliphatic rings. The van der Waals surface area contributed by atoms with Crippen molar-refractivity contribution in [3.63, 3.8) is 0 Å². The molecule has 1 aromatic carbocycles. The molecule has 0 aliphatic carbocycles. The minimum absolute atomic E-state index is 0.0608. The summed E-state index contributed by atoms with van der Waals surface area (Å²) in [5, 5.41) is 9.09. The van der Waals surface area contributed by atoms with Crippen molar-refractivity contribution in [2.24, 2.45) is 5.92 Å². The van der Waals surface area contributed by atoms with Gasteiger partial charge in [-0.2, -0.15) is 0 Å². The van der Waals surface area contributed by atoms with E-state index in [4.69, 9.17) is 19.3 Å². The third-order valence-corrected chi connectivity index (χ3v) is 3.16. The van der Waals surface area contributed by atoms with Crippen LogP contribution in [-0.4, -0.2) is 37.9 Å². The number of benzene rings is 1. The van der Waals surface area contributed by atoms with Crippen molar-refractivity contribution in [1.82, 2.24) is 0 Å². The number of hydrogen-bond donors (Lipinski definition) is 1. The van der Waals surface area contributed by atoms with Gasteiger partial charge in [0.05, 0.1) is 20.8 Å². The maximum Gasteiger partial charge on any atom is 0.321 e. The molecular weight excluding hydrogens is 252 g/mol. The van der Waals surface area contributed by atoms with Crippen molar-refractivity contribution < 1.29 is 28.9 Å². The molecule has 0 unspecified atom stereocenters. The average Bonchev–Trinajstić information content (AvgIpc) is 2.79. The van der Waals surface area contributed by atoms with Gasteiger partial charge >= 0.3 is 11.9 Å².